The maximum Gasteiger partial charge on any atom is 0.339 e. The Balaban J connectivity index is 2.14. The van der Waals surface area contributed by atoms with Crippen LogP contribution < -0.4 is 10.6 Å². The highest BCUT2D eigenvalue weighted by molar-refractivity contribution is 7.80. The molecule has 0 bridgehead atoms. The summed E-state index contributed by atoms with van der Waals surface area (Å²) in [4.78, 5) is 11.7. The van der Waals surface area contributed by atoms with Crippen LogP contribution in [-0.4, -0.2) is 18.2 Å². The van der Waals surface area contributed by atoms with Crippen molar-refractivity contribution in [1.82, 2.24) is 0 Å². The van der Waals surface area contributed by atoms with Gasteiger partial charge in [0.05, 0.1) is 29.1 Å². The van der Waals surface area contributed by atoms with Crippen LogP contribution in [0.4, 0.5) is 11.4 Å². The van der Waals surface area contributed by atoms with E-state index in [1.807, 2.05) is 18.2 Å². The molecule has 0 aromatic heterocycles. The zero-order chi connectivity index (χ0) is 15.2. The van der Waals surface area contributed by atoms with Crippen LogP contribution in [0.2, 0.25) is 5.02 Å². The number of halogens is 1. The maximum absolute atomic E-state index is 11.7. The Morgan fingerprint density at radius 3 is 2.29 bits per heavy atom. The van der Waals surface area contributed by atoms with Gasteiger partial charge < -0.3 is 15.4 Å². The highest BCUT2D eigenvalue weighted by atomic mass is 35.5. The fourth-order valence-corrected chi connectivity index (χ4v) is 2.12. The van der Waals surface area contributed by atoms with Crippen LogP contribution in [0.15, 0.2) is 48.5 Å². The molecule has 0 atom stereocenters. The molecule has 0 unspecified atom stereocenters. The van der Waals surface area contributed by atoms with Crippen LogP contribution >= 0.6 is 23.8 Å². The van der Waals surface area contributed by atoms with E-state index in [1.54, 1.807) is 30.3 Å². The van der Waals surface area contributed by atoms with Crippen LogP contribution in [0.25, 0.3) is 0 Å². The number of nitrogens with one attached hydrogen (secondary N) is 2. The lowest BCUT2D eigenvalue weighted by Gasteiger charge is -2.13. The molecule has 2 rings (SSSR count). The second-order valence-corrected chi connectivity index (χ2v) is 4.91. The Labute approximate surface area is 133 Å². The number of rotatable bonds is 3. The number of carbonyl (C=O) groups is 1. The third kappa shape index (κ3) is 3.93. The average Bonchev–Trinajstić information content (AvgIpc) is 2.49. The average molecular weight is 321 g/mol. The van der Waals surface area contributed by atoms with Gasteiger partial charge in [-0.15, -0.1) is 0 Å². The van der Waals surface area contributed by atoms with Gasteiger partial charge in [0, 0.05) is 0 Å². The first-order valence-electron chi connectivity index (χ1n) is 6.11. The molecule has 6 heteroatoms. The zero-order valence-electron chi connectivity index (χ0n) is 11.2. The van der Waals surface area contributed by atoms with Crippen molar-refractivity contribution in [3.8, 4) is 0 Å². The normalized spacial score (nSPS) is 9.81. The molecule has 0 radical (unpaired) electrons. The topological polar surface area (TPSA) is 50.4 Å². The first kappa shape index (κ1) is 15.3. The van der Waals surface area contributed by atoms with Crippen LogP contribution in [-0.2, 0) is 4.74 Å². The summed E-state index contributed by atoms with van der Waals surface area (Å²) in [5, 5.41) is 6.83. The number of hydrogen-bond donors (Lipinski definition) is 2. The first-order chi connectivity index (χ1) is 10.1. The first-order valence-corrected chi connectivity index (χ1v) is 6.90. The van der Waals surface area contributed by atoms with E-state index >= 15 is 0 Å². The van der Waals surface area contributed by atoms with Crippen LogP contribution in [0.5, 0.6) is 0 Å². The number of anilines is 2. The molecule has 0 saturated carbocycles. The van der Waals surface area contributed by atoms with Gasteiger partial charge in [-0.3, -0.25) is 0 Å². The summed E-state index contributed by atoms with van der Waals surface area (Å²) in [5.74, 6) is -0.432. The fourth-order valence-electron chi connectivity index (χ4n) is 1.72. The Bertz CT molecular complexity index is 676. The van der Waals surface area contributed by atoms with Crippen molar-refractivity contribution in [2.24, 2.45) is 0 Å². The van der Waals surface area contributed by atoms with E-state index in [2.05, 4.69) is 10.6 Å². The molecule has 108 valence electrons. The maximum atomic E-state index is 11.7. The molecule has 0 heterocycles. The van der Waals surface area contributed by atoms with Crippen molar-refractivity contribution in [1.29, 1.82) is 0 Å². The lowest BCUT2D eigenvalue weighted by molar-refractivity contribution is 0.0602. The number of carbonyl (C=O) groups excluding carboxylic acids is 1. The molecule has 21 heavy (non-hydrogen) atoms. The van der Waals surface area contributed by atoms with Crippen molar-refractivity contribution in [2.45, 2.75) is 0 Å². The Hall–Kier alpha value is -2.11. The van der Waals surface area contributed by atoms with Crippen molar-refractivity contribution in [3.05, 3.63) is 59.1 Å². The molecular weight excluding hydrogens is 308 g/mol. The minimum Gasteiger partial charge on any atom is -0.465 e. The van der Waals surface area contributed by atoms with Gasteiger partial charge in [-0.2, -0.15) is 0 Å². The molecule has 2 aromatic rings. The quantitative estimate of drug-likeness (QED) is 0.663. The van der Waals surface area contributed by atoms with E-state index in [-0.39, 0.29) is 0 Å². The highest BCUT2D eigenvalue weighted by Gasteiger charge is 2.12. The van der Waals surface area contributed by atoms with Gasteiger partial charge in [-0.25, -0.2) is 4.79 Å². The zero-order valence-corrected chi connectivity index (χ0v) is 12.8. The smallest absolute Gasteiger partial charge is 0.339 e. The summed E-state index contributed by atoms with van der Waals surface area (Å²) >= 11 is 11.3. The van der Waals surface area contributed by atoms with Crippen molar-refractivity contribution in [2.75, 3.05) is 17.7 Å². The molecular formula is C15H13ClN2O2S. The number of thiocarbonyl (C=S) groups is 1. The summed E-state index contributed by atoms with van der Waals surface area (Å²) in [6.07, 6.45) is 0. The number of para-hydroxylation sites is 2. The van der Waals surface area contributed by atoms with E-state index in [1.165, 1.54) is 7.11 Å². The van der Waals surface area contributed by atoms with Gasteiger partial charge >= 0.3 is 5.97 Å². The van der Waals surface area contributed by atoms with Gasteiger partial charge in [0.15, 0.2) is 5.11 Å². The Kier molecular flexibility index (Phi) is 5.14. The van der Waals surface area contributed by atoms with E-state index in [9.17, 15) is 4.79 Å². The van der Waals surface area contributed by atoms with Gasteiger partial charge in [0.2, 0.25) is 0 Å². The molecule has 0 aliphatic carbocycles. The third-order valence-electron chi connectivity index (χ3n) is 2.70. The molecule has 0 fully saturated rings. The molecule has 0 saturated heterocycles. The second-order valence-electron chi connectivity index (χ2n) is 4.10. The molecule has 4 nitrogen and oxygen atoms in total. The molecule has 0 aliphatic heterocycles. The second kappa shape index (κ2) is 7.06. The SMILES string of the molecule is COC(=O)c1ccccc1NC(=S)Nc1ccccc1Cl. The van der Waals surface area contributed by atoms with E-state index in [0.29, 0.717) is 27.1 Å². The summed E-state index contributed by atoms with van der Waals surface area (Å²) in [5.41, 5.74) is 1.66. The largest absolute Gasteiger partial charge is 0.465 e. The Morgan fingerprint density at radius 2 is 1.62 bits per heavy atom. The number of esters is 1. The summed E-state index contributed by atoms with van der Waals surface area (Å²) in [6, 6.07) is 14.2. The monoisotopic (exact) mass is 320 g/mol. The third-order valence-corrected chi connectivity index (χ3v) is 3.24. The lowest BCUT2D eigenvalue weighted by atomic mass is 10.2. The van der Waals surface area contributed by atoms with Gasteiger partial charge in [0.1, 0.15) is 0 Å². The number of hydrogen-bond acceptors (Lipinski definition) is 3. The van der Waals surface area contributed by atoms with Crippen molar-refractivity contribution in [3.63, 3.8) is 0 Å². The number of ether oxygens (including phenoxy) is 1. The Morgan fingerprint density at radius 1 is 1.05 bits per heavy atom. The van der Waals surface area contributed by atoms with Crippen molar-refractivity contribution < 1.29 is 9.53 Å². The van der Waals surface area contributed by atoms with Gasteiger partial charge in [-0.1, -0.05) is 35.9 Å². The highest BCUT2D eigenvalue weighted by Crippen LogP contribution is 2.21. The van der Waals surface area contributed by atoms with Crippen LogP contribution in [0.3, 0.4) is 0 Å². The van der Waals surface area contributed by atoms with E-state index in [4.69, 9.17) is 28.6 Å². The van der Waals surface area contributed by atoms with E-state index < -0.39 is 5.97 Å². The minimum atomic E-state index is -0.432. The standard InChI is InChI=1S/C15H13ClN2O2S/c1-20-14(19)10-6-2-4-8-12(10)17-15(21)18-13-9-5-3-7-11(13)16/h2-9H,1H3,(H2,17,18,21). The summed E-state index contributed by atoms with van der Waals surface area (Å²) in [6.45, 7) is 0. The fraction of sp³-hybridized carbons (Fsp3) is 0.0667. The minimum absolute atomic E-state index is 0.333. The van der Waals surface area contributed by atoms with Gasteiger partial charge in [0.25, 0.3) is 0 Å². The molecule has 2 N–H and O–H groups in total. The summed E-state index contributed by atoms with van der Waals surface area (Å²) in [7, 11) is 1.33. The van der Waals surface area contributed by atoms with Crippen LogP contribution in [0, 0.1) is 0 Å². The van der Waals surface area contributed by atoms with E-state index in [0.717, 1.165) is 0 Å². The molecule has 2 aromatic carbocycles. The summed E-state index contributed by atoms with van der Waals surface area (Å²) < 4.78 is 4.73. The van der Waals surface area contributed by atoms with Crippen molar-refractivity contribution >= 4 is 46.3 Å². The van der Waals surface area contributed by atoms with Gasteiger partial charge in [-0.05, 0) is 36.5 Å². The number of benzene rings is 2. The predicted molar refractivity (Wildman–Crippen MR) is 89.1 cm³/mol. The molecule has 0 spiro atoms. The molecule has 0 aliphatic rings. The lowest BCUT2D eigenvalue weighted by Crippen LogP contribution is -2.21. The van der Waals surface area contributed by atoms with Crippen LogP contribution in [0.1, 0.15) is 10.4 Å². The number of methoxy groups -OCH3 is 1. The molecule has 0 amide bonds. The predicted octanol–water partition coefficient (Wildman–Crippen LogP) is 3.94.